The van der Waals surface area contributed by atoms with Gasteiger partial charge in [0.15, 0.2) is 0 Å². The summed E-state index contributed by atoms with van der Waals surface area (Å²) in [4.78, 5) is 2.52. The second-order valence-electron chi connectivity index (χ2n) is 6.67. The predicted molar refractivity (Wildman–Crippen MR) is 75.9 cm³/mol. The average molecular weight is 254 g/mol. The van der Waals surface area contributed by atoms with Gasteiger partial charge in [-0.05, 0) is 45.1 Å². The van der Waals surface area contributed by atoms with Crippen LogP contribution in [0.5, 0.6) is 0 Å². The van der Waals surface area contributed by atoms with Crippen molar-refractivity contribution in [3.63, 3.8) is 0 Å². The van der Waals surface area contributed by atoms with E-state index in [9.17, 15) is 0 Å². The van der Waals surface area contributed by atoms with Crippen molar-refractivity contribution >= 4 is 0 Å². The number of nitrogens with zero attached hydrogens (tertiary/aromatic N) is 1. The van der Waals surface area contributed by atoms with Gasteiger partial charge in [0.1, 0.15) is 0 Å². The van der Waals surface area contributed by atoms with Gasteiger partial charge in [0.25, 0.3) is 0 Å². The van der Waals surface area contributed by atoms with Crippen LogP contribution in [-0.4, -0.2) is 49.8 Å². The van der Waals surface area contributed by atoms with Crippen LogP contribution < -0.4 is 5.32 Å². The van der Waals surface area contributed by atoms with Gasteiger partial charge in [-0.25, -0.2) is 0 Å². The number of rotatable bonds is 7. The lowest BCUT2D eigenvalue weighted by molar-refractivity contribution is 0.0652. The maximum absolute atomic E-state index is 5.69. The van der Waals surface area contributed by atoms with E-state index in [1.807, 2.05) is 0 Å². The number of ether oxygens (including phenoxy) is 1. The molecule has 0 aromatic rings. The van der Waals surface area contributed by atoms with Gasteiger partial charge in [-0.15, -0.1) is 0 Å². The third kappa shape index (κ3) is 3.69. The first kappa shape index (κ1) is 14.3. The maximum Gasteiger partial charge on any atom is 0.0702 e. The third-order valence-electron chi connectivity index (χ3n) is 4.78. The van der Waals surface area contributed by atoms with Crippen LogP contribution in [0, 0.1) is 5.41 Å². The monoisotopic (exact) mass is 254 g/mol. The minimum atomic E-state index is 0.389. The zero-order chi connectivity index (χ0) is 13.2. The molecule has 0 amide bonds. The molecule has 1 aliphatic carbocycles. The summed E-state index contributed by atoms with van der Waals surface area (Å²) in [5, 5.41) is 3.70. The highest BCUT2D eigenvalue weighted by molar-refractivity contribution is 4.89. The molecule has 0 bridgehead atoms. The van der Waals surface area contributed by atoms with Crippen LogP contribution in [0.1, 0.15) is 46.5 Å². The van der Waals surface area contributed by atoms with Gasteiger partial charge in [-0.1, -0.05) is 13.8 Å². The second kappa shape index (κ2) is 5.89. The summed E-state index contributed by atoms with van der Waals surface area (Å²) in [5.41, 5.74) is 0.389. The number of hydrogen-bond donors (Lipinski definition) is 1. The van der Waals surface area contributed by atoms with Crippen molar-refractivity contribution in [3.8, 4) is 0 Å². The molecule has 3 unspecified atom stereocenters. The largest absolute Gasteiger partial charge is 0.377 e. The second-order valence-corrected chi connectivity index (χ2v) is 6.67. The topological polar surface area (TPSA) is 24.5 Å². The molecule has 1 saturated heterocycles. The lowest BCUT2D eigenvalue weighted by Crippen LogP contribution is -2.46. The summed E-state index contributed by atoms with van der Waals surface area (Å²) in [5.74, 6) is 0. The average Bonchev–Trinajstić information content (AvgIpc) is 3.08. The van der Waals surface area contributed by atoms with Crippen molar-refractivity contribution in [3.05, 3.63) is 0 Å². The van der Waals surface area contributed by atoms with E-state index < -0.39 is 0 Å². The highest BCUT2D eigenvalue weighted by Crippen LogP contribution is 2.27. The number of nitrogens with one attached hydrogen (secondary N) is 1. The van der Waals surface area contributed by atoms with Gasteiger partial charge in [-0.2, -0.15) is 0 Å². The normalized spacial score (nSPS) is 31.8. The van der Waals surface area contributed by atoms with E-state index in [4.69, 9.17) is 4.74 Å². The Morgan fingerprint density at radius 2 is 2.06 bits per heavy atom. The van der Waals surface area contributed by atoms with Crippen molar-refractivity contribution < 1.29 is 4.74 Å². The SMILES string of the molecule is CCC(C)(CNC1CC1)CN(C)C1CCOC1C. The van der Waals surface area contributed by atoms with Crippen LogP contribution in [0.25, 0.3) is 0 Å². The number of likely N-dealkylation sites (N-methyl/N-ethyl adjacent to an activating group) is 1. The van der Waals surface area contributed by atoms with Crippen molar-refractivity contribution in [2.24, 2.45) is 5.41 Å². The fourth-order valence-electron chi connectivity index (χ4n) is 2.99. The van der Waals surface area contributed by atoms with Crippen molar-refractivity contribution in [2.75, 3.05) is 26.7 Å². The van der Waals surface area contributed by atoms with Crippen molar-refractivity contribution in [1.82, 2.24) is 10.2 Å². The molecule has 0 spiro atoms. The summed E-state index contributed by atoms with van der Waals surface area (Å²) < 4.78 is 5.69. The molecule has 3 nitrogen and oxygen atoms in total. The Hall–Kier alpha value is -0.120. The van der Waals surface area contributed by atoms with Gasteiger partial charge in [-0.3, -0.25) is 0 Å². The first-order valence-electron chi connectivity index (χ1n) is 7.59. The minimum absolute atomic E-state index is 0.389. The van der Waals surface area contributed by atoms with E-state index in [-0.39, 0.29) is 0 Å². The summed E-state index contributed by atoms with van der Waals surface area (Å²) in [6, 6.07) is 1.42. The molecule has 1 aliphatic heterocycles. The molecule has 2 rings (SSSR count). The van der Waals surface area contributed by atoms with Crippen LogP contribution >= 0.6 is 0 Å². The summed E-state index contributed by atoms with van der Waals surface area (Å²) in [6.45, 7) is 10.2. The Kier molecular flexibility index (Phi) is 4.68. The predicted octanol–water partition coefficient (Wildman–Crippen LogP) is 2.26. The van der Waals surface area contributed by atoms with E-state index in [0.717, 1.165) is 19.2 Å². The van der Waals surface area contributed by atoms with Gasteiger partial charge < -0.3 is 15.0 Å². The molecule has 3 atom stereocenters. The molecule has 0 aromatic heterocycles. The molecule has 1 N–H and O–H groups in total. The molecule has 18 heavy (non-hydrogen) atoms. The van der Waals surface area contributed by atoms with Crippen LogP contribution in [-0.2, 0) is 4.74 Å². The molecule has 106 valence electrons. The Bertz CT molecular complexity index is 267. The van der Waals surface area contributed by atoms with E-state index in [0.29, 0.717) is 17.6 Å². The van der Waals surface area contributed by atoms with Gasteiger partial charge in [0, 0.05) is 31.8 Å². The highest BCUT2D eigenvalue weighted by atomic mass is 16.5. The van der Waals surface area contributed by atoms with Gasteiger partial charge in [0.2, 0.25) is 0 Å². The fourth-order valence-corrected chi connectivity index (χ4v) is 2.99. The molecule has 1 heterocycles. The zero-order valence-electron chi connectivity index (χ0n) is 12.5. The Morgan fingerprint density at radius 3 is 2.56 bits per heavy atom. The Balaban J connectivity index is 1.82. The van der Waals surface area contributed by atoms with Crippen LogP contribution in [0.3, 0.4) is 0 Å². The fraction of sp³-hybridized carbons (Fsp3) is 1.00. The van der Waals surface area contributed by atoms with E-state index >= 15 is 0 Å². The van der Waals surface area contributed by atoms with E-state index in [1.165, 1.54) is 32.2 Å². The lowest BCUT2D eigenvalue weighted by atomic mass is 9.86. The quantitative estimate of drug-likeness (QED) is 0.754. The molecule has 3 heteroatoms. The molecular weight excluding hydrogens is 224 g/mol. The first-order valence-corrected chi connectivity index (χ1v) is 7.59. The third-order valence-corrected chi connectivity index (χ3v) is 4.78. The standard InChI is InChI=1S/C15H30N2O/c1-5-15(3,10-16-13-6-7-13)11-17(4)14-8-9-18-12(14)2/h12-14,16H,5-11H2,1-4H3. The molecular formula is C15H30N2O. The van der Waals surface area contributed by atoms with Crippen molar-refractivity contribution in [2.45, 2.75) is 64.6 Å². The minimum Gasteiger partial charge on any atom is -0.377 e. The number of hydrogen-bond acceptors (Lipinski definition) is 3. The zero-order valence-corrected chi connectivity index (χ0v) is 12.5. The van der Waals surface area contributed by atoms with Gasteiger partial charge in [0.05, 0.1) is 6.10 Å². The highest BCUT2D eigenvalue weighted by Gasteiger charge is 2.33. The van der Waals surface area contributed by atoms with E-state index in [1.54, 1.807) is 0 Å². The van der Waals surface area contributed by atoms with Crippen LogP contribution in [0.4, 0.5) is 0 Å². The summed E-state index contributed by atoms with van der Waals surface area (Å²) >= 11 is 0. The maximum atomic E-state index is 5.69. The lowest BCUT2D eigenvalue weighted by Gasteiger charge is -2.37. The summed E-state index contributed by atoms with van der Waals surface area (Å²) in [6.07, 6.45) is 5.58. The van der Waals surface area contributed by atoms with Crippen LogP contribution in [0.15, 0.2) is 0 Å². The van der Waals surface area contributed by atoms with Crippen molar-refractivity contribution in [1.29, 1.82) is 0 Å². The van der Waals surface area contributed by atoms with Gasteiger partial charge >= 0.3 is 0 Å². The first-order chi connectivity index (χ1) is 8.54. The Labute approximate surface area is 112 Å². The van der Waals surface area contributed by atoms with E-state index in [2.05, 4.69) is 38.0 Å². The Morgan fingerprint density at radius 1 is 1.33 bits per heavy atom. The molecule has 2 fully saturated rings. The van der Waals surface area contributed by atoms with Crippen LogP contribution in [0.2, 0.25) is 0 Å². The molecule has 0 radical (unpaired) electrons. The summed E-state index contributed by atoms with van der Waals surface area (Å²) in [7, 11) is 2.26. The smallest absolute Gasteiger partial charge is 0.0702 e. The molecule has 0 aromatic carbocycles. The molecule has 2 aliphatic rings. The molecule has 1 saturated carbocycles.